The molecule has 0 radical (unpaired) electrons. The van der Waals surface area contributed by atoms with E-state index in [4.69, 9.17) is 4.74 Å². The van der Waals surface area contributed by atoms with Gasteiger partial charge in [-0.3, -0.25) is 4.90 Å². The summed E-state index contributed by atoms with van der Waals surface area (Å²) in [5, 5.41) is 0. The minimum atomic E-state index is -0.425. The van der Waals surface area contributed by atoms with Crippen LogP contribution in [0, 0.1) is 5.41 Å². The van der Waals surface area contributed by atoms with Gasteiger partial charge in [0, 0.05) is 38.3 Å². The molecule has 25 heavy (non-hydrogen) atoms. The molecule has 2 saturated heterocycles. The van der Waals surface area contributed by atoms with Crippen LogP contribution in [0.2, 0.25) is 0 Å². The Labute approximate surface area is 154 Å². The number of likely N-dealkylation sites (tertiary alicyclic amines) is 1. The Morgan fingerprint density at radius 2 is 1.76 bits per heavy atom. The maximum absolute atomic E-state index is 12.4. The summed E-state index contributed by atoms with van der Waals surface area (Å²) in [7, 11) is 0. The number of piperidine rings is 1. The fourth-order valence-electron chi connectivity index (χ4n) is 4.05. The summed E-state index contributed by atoms with van der Waals surface area (Å²) in [5.74, 6) is 0. The highest BCUT2D eigenvalue weighted by Gasteiger charge is 2.36. The van der Waals surface area contributed by atoms with E-state index in [0.717, 1.165) is 26.2 Å². The summed E-state index contributed by atoms with van der Waals surface area (Å²) in [5.41, 5.74) is -0.0228. The Balaban J connectivity index is 1.84. The van der Waals surface area contributed by atoms with E-state index >= 15 is 0 Å². The van der Waals surface area contributed by atoms with Gasteiger partial charge in [0.15, 0.2) is 0 Å². The van der Waals surface area contributed by atoms with Crippen LogP contribution in [0.1, 0.15) is 61.3 Å². The summed E-state index contributed by atoms with van der Waals surface area (Å²) in [6.45, 7) is 21.2. The van der Waals surface area contributed by atoms with E-state index in [2.05, 4.69) is 37.5 Å². The Morgan fingerprint density at radius 1 is 1.16 bits per heavy atom. The molecule has 2 fully saturated rings. The highest BCUT2D eigenvalue weighted by Crippen LogP contribution is 2.33. The van der Waals surface area contributed by atoms with E-state index in [-0.39, 0.29) is 12.1 Å². The number of hydrogen-bond donors (Lipinski definition) is 0. The SMILES string of the molecule is CC(C)N1CCC(C)(CN2CCN(C(=O)OC(C)(C)C)C(C)C2)CC1. The molecule has 0 aromatic rings. The first kappa shape index (κ1) is 20.5. The van der Waals surface area contributed by atoms with Crippen molar-refractivity contribution in [3.8, 4) is 0 Å². The molecule has 2 rings (SSSR count). The van der Waals surface area contributed by atoms with Crippen LogP contribution in [0.4, 0.5) is 4.79 Å². The average molecular weight is 354 g/mol. The molecule has 0 N–H and O–H groups in total. The number of carbonyl (C=O) groups excluding carboxylic acids is 1. The van der Waals surface area contributed by atoms with E-state index in [1.807, 2.05) is 25.7 Å². The minimum absolute atomic E-state index is 0.170. The van der Waals surface area contributed by atoms with E-state index in [1.165, 1.54) is 25.9 Å². The van der Waals surface area contributed by atoms with Gasteiger partial charge in [0.25, 0.3) is 0 Å². The normalized spacial score (nSPS) is 26.1. The second-order valence-corrected chi connectivity index (χ2v) is 9.70. The lowest BCUT2D eigenvalue weighted by atomic mass is 9.79. The quantitative estimate of drug-likeness (QED) is 0.779. The van der Waals surface area contributed by atoms with E-state index in [0.29, 0.717) is 11.5 Å². The first-order valence-electron chi connectivity index (χ1n) is 9.95. The highest BCUT2D eigenvalue weighted by atomic mass is 16.6. The van der Waals surface area contributed by atoms with Crippen LogP contribution in [-0.2, 0) is 4.74 Å². The summed E-state index contributed by atoms with van der Waals surface area (Å²) >= 11 is 0. The van der Waals surface area contributed by atoms with Gasteiger partial charge in [-0.25, -0.2) is 4.79 Å². The number of carbonyl (C=O) groups is 1. The van der Waals surface area contributed by atoms with Crippen LogP contribution in [0.3, 0.4) is 0 Å². The van der Waals surface area contributed by atoms with Crippen molar-refractivity contribution in [2.75, 3.05) is 39.3 Å². The second-order valence-electron chi connectivity index (χ2n) is 9.70. The standard InChI is InChI=1S/C20H39N3O2/c1-16(2)22-10-8-20(7,9-11-22)15-21-12-13-23(17(3)14-21)18(24)25-19(4,5)6/h16-17H,8-15H2,1-7H3. The fraction of sp³-hybridized carbons (Fsp3) is 0.950. The molecule has 2 aliphatic heterocycles. The van der Waals surface area contributed by atoms with Crippen LogP contribution in [0.5, 0.6) is 0 Å². The van der Waals surface area contributed by atoms with Gasteiger partial charge >= 0.3 is 6.09 Å². The molecule has 0 bridgehead atoms. The molecule has 0 saturated carbocycles. The number of nitrogens with zero attached hydrogens (tertiary/aromatic N) is 3. The third kappa shape index (κ3) is 5.85. The predicted octanol–water partition coefficient (Wildman–Crippen LogP) is 3.44. The molecule has 1 atom stereocenters. The van der Waals surface area contributed by atoms with E-state index in [9.17, 15) is 4.79 Å². The lowest BCUT2D eigenvalue weighted by molar-refractivity contribution is -0.00882. The molecule has 5 nitrogen and oxygen atoms in total. The van der Waals surface area contributed by atoms with Crippen LogP contribution in [0.15, 0.2) is 0 Å². The van der Waals surface area contributed by atoms with Gasteiger partial charge in [0.1, 0.15) is 5.60 Å². The molecule has 2 aliphatic rings. The third-order valence-corrected chi connectivity index (χ3v) is 5.68. The van der Waals surface area contributed by atoms with Crippen molar-refractivity contribution in [1.29, 1.82) is 0 Å². The highest BCUT2D eigenvalue weighted by molar-refractivity contribution is 5.68. The molecular weight excluding hydrogens is 314 g/mol. The largest absolute Gasteiger partial charge is 0.444 e. The van der Waals surface area contributed by atoms with Gasteiger partial charge in [0.05, 0.1) is 0 Å². The van der Waals surface area contributed by atoms with Crippen molar-refractivity contribution < 1.29 is 9.53 Å². The minimum Gasteiger partial charge on any atom is -0.444 e. The van der Waals surface area contributed by atoms with Gasteiger partial charge < -0.3 is 14.5 Å². The molecule has 146 valence electrons. The van der Waals surface area contributed by atoms with Crippen molar-refractivity contribution in [3.63, 3.8) is 0 Å². The maximum Gasteiger partial charge on any atom is 0.410 e. The number of piperazine rings is 1. The first-order chi connectivity index (χ1) is 11.5. The molecular formula is C20H39N3O2. The monoisotopic (exact) mass is 353 g/mol. The van der Waals surface area contributed by atoms with Gasteiger partial charge in [-0.2, -0.15) is 0 Å². The topological polar surface area (TPSA) is 36.0 Å². The first-order valence-corrected chi connectivity index (χ1v) is 9.95. The van der Waals surface area contributed by atoms with Crippen LogP contribution in [-0.4, -0.2) is 77.7 Å². The molecule has 0 aromatic heterocycles. The zero-order valence-electron chi connectivity index (χ0n) is 17.5. The maximum atomic E-state index is 12.4. The lowest BCUT2D eigenvalue weighted by Gasteiger charge is -2.46. The van der Waals surface area contributed by atoms with Crippen molar-refractivity contribution in [3.05, 3.63) is 0 Å². The molecule has 0 spiro atoms. The van der Waals surface area contributed by atoms with Gasteiger partial charge in [0.2, 0.25) is 0 Å². The molecule has 1 unspecified atom stereocenters. The molecule has 5 heteroatoms. The molecule has 2 heterocycles. The van der Waals surface area contributed by atoms with E-state index < -0.39 is 5.60 Å². The van der Waals surface area contributed by atoms with Gasteiger partial charge in [-0.15, -0.1) is 0 Å². The summed E-state index contributed by atoms with van der Waals surface area (Å²) in [6, 6.07) is 0.866. The Morgan fingerprint density at radius 3 is 2.24 bits per heavy atom. The van der Waals surface area contributed by atoms with Crippen LogP contribution >= 0.6 is 0 Å². The summed E-state index contributed by atoms with van der Waals surface area (Å²) in [6.07, 6.45) is 2.37. The fourth-order valence-corrected chi connectivity index (χ4v) is 4.05. The van der Waals surface area contributed by atoms with Crippen molar-refractivity contribution in [1.82, 2.24) is 14.7 Å². The van der Waals surface area contributed by atoms with Crippen molar-refractivity contribution >= 4 is 6.09 Å². The summed E-state index contributed by atoms with van der Waals surface area (Å²) in [4.78, 5) is 19.4. The smallest absolute Gasteiger partial charge is 0.410 e. The number of hydrogen-bond acceptors (Lipinski definition) is 4. The summed E-state index contributed by atoms with van der Waals surface area (Å²) < 4.78 is 5.55. The zero-order chi connectivity index (χ0) is 18.8. The average Bonchev–Trinajstić information content (AvgIpc) is 2.45. The molecule has 0 aliphatic carbocycles. The lowest BCUT2D eigenvalue weighted by Crippen LogP contribution is -2.57. The van der Waals surface area contributed by atoms with Crippen molar-refractivity contribution in [2.45, 2.75) is 79.0 Å². The van der Waals surface area contributed by atoms with Gasteiger partial charge in [-0.1, -0.05) is 6.92 Å². The molecule has 1 amide bonds. The van der Waals surface area contributed by atoms with Crippen LogP contribution < -0.4 is 0 Å². The van der Waals surface area contributed by atoms with Gasteiger partial charge in [-0.05, 0) is 72.9 Å². The Bertz CT molecular complexity index is 450. The molecule has 0 aromatic carbocycles. The zero-order valence-corrected chi connectivity index (χ0v) is 17.5. The van der Waals surface area contributed by atoms with E-state index in [1.54, 1.807) is 0 Å². The third-order valence-electron chi connectivity index (χ3n) is 5.68. The number of amides is 1. The van der Waals surface area contributed by atoms with Crippen LogP contribution in [0.25, 0.3) is 0 Å². The number of ether oxygens (including phenoxy) is 1. The number of rotatable bonds is 3. The second kappa shape index (κ2) is 7.83. The van der Waals surface area contributed by atoms with Crippen molar-refractivity contribution in [2.24, 2.45) is 5.41 Å². The Kier molecular flexibility index (Phi) is 6.42. The predicted molar refractivity (Wildman–Crippen MR) is 103 cm³/mol. The Hall–Kier alpha value is -0.810.